The summed E-state index contributed by atoms with van der Waals surface area (Å²) < 4.78 is 1.88. The quantitative estimate of drug-likeness (QED) is 0.756. The molecular formula is C19H30N8O. The van der Waals surface area contributed by atoms with Gasteiger partial charge in [-0.05, 0) is 41.3 Å². The summed E-state index contributed by atoms with van der Waals surface area (Å²) in [4.78, 5) is 28.2. The van der Waals surface area contributed by atoms with E-state index in [1.807, 2.05) is 32.4 Å². The molecule has 0 unspecified atom stereocenters. The number of carbonyl (C=O) groups excluding carboxylic acids is 1. The Morgan fingerprint density at radius 3 is 2.43 bits per heavy atom. The van der Waals surface area contributed by atoms with Gasteiger partial charge in [-0.3, -0.25) is 4.79 Å². The van der Waals surface area contributed by atoms with Gasteiger partial charge in [-0.15, -0.1) is 10.2 Å². The lowest BCUT2D eigenvalue weighted by molar-refractivity contribution is 0.0768. The summed E-state index contributed by atoms with van der Waals surface area (Å²) in [5.74, 6) is 2.42. The number of carbonyl (C=O) groups is 1. The molecule has 28 heavy (non-hydrogen) atoms. The Morgan fingerprint density at radius 2 is 1.86 bits per heavy atom. The lowest BCUT2D eigenvalue weighted by Crippen LogP contribution is -2.33. The Hall–Kier alpha value is -2.55. The zero-order valence-electron chi connectivity index (χ0n) is 17.9. The molecule has 0 aromatic carbocycles. The number of nitrogens with zero attached hydrogens (tertiary/aromatic N) is 8. The van der Waals surface area contributed by atoms with Crippen molar-refractivity contribution in [2.45, 2.75) is 39.8 Å². The minimum atomic E-state index is -0.214. The first-order chi connectivity index (χ1) is 13.2. The van der Waals surface area contributed by atoms with Gasteiger partial charge in [0, 0.05) is 44.5 Å². The molecule has 0 bridgehead atoms. The van der Waals surface area contributed by atoms with Gasteiger partial charge in [0.15, 0.2) is 5.82 Å². The van der Waals surface area contributed by atoms with Crippen LogP contribution in [0.4, 0.5) is 5.82 Å². The Kier molecular flexibility index (Phi) is 5.64. The highest BCUT2D eigenvalue weighted by molar-refractivity contribution is 5.90. The standard InChI is InChI=1S/C19H30N8O/c1-12-13(2)20-17(21-18(12)27-9-8-15(10-27)24(4)5)19(28)25(6)11-16-23-22-14(3)26(16)7/h15H,8-11H2,1-7H3/t15-/m1/s1. The number of likely N-dealkylation sites (N-methyl/N-ethyl adjacent to an activating group) is 1. The van der Waals surface area contributed by atoms with Crippen LogP contribution in [0.3, 0.4) is 0 Å². The molecule has 1 atom stereocenters. The fraction of sp³-hybridized carbons (Fsp3) is 0.632. The molecule has 0 N–H and O–H groups in total. The van der Waals surface area contributed by atoms with E-state index >= 15 is 0 Å². The zero-order valence-corrected chi connectivity index (χ0v) is 17.9. The fourth-order valence-corrected chi connectivity index (χ4v) is 3.42. The van der Waals surface area contributed by atoms with Gasteiger partial charge in [0.1, 0.15) is 11.6 Å². The SMILES string of the molecule is Cc1nc(C(=O)N(C)Cc2nnc(C)n2C)nc(N2CC[C@@H](N(C)C)C2)c1C. The molecule has 3 heterocycles. The van der Waals surface area contributed by atoms with Crippen molar-refractivity contribution >= 4 is 11.7 Å². The van der Waals surface area contributed by atoms with Crippen LogP contribution in [-0.4, -0.2) is 80.7 Å². The largest absolute Gasteiger partial charge is 0.355 e. The Morgan fingerprint density at radius 1 is 1.14 bits per heavy atom. The molecule has 1 saturated heterocycles. The van der Waals surface area contributed by atoms with E-state index in [0.29, 0.717) is 12.6 Å². The van der Waals surface area contributed by atoms with Gasteiger partial charge in [-0.25, -0.2) is 9.97 Å². The highest BCUT2D eigenvalue weighted by atomic mass is 16.2. The van der Waals surface area contributed by atoms with Crippen LogP contribution in [0, 0.1) is 20.8 Å². The molecule has 1 aliphatic rings. The average Bonchev–Trinajstić information content (AvgIpc) is 3.26. The summed E-state index contributed by atoms with van der Waals surface area (Å²) in [5.41, 5.74) is 1.87. The van der Waals surface area contributed by atoms with Crippen LogP contribution in [0.15, 0.2) is 0 Å². The second-order valence-corrected chi connectivity index (χ2v) is 7.82. The minimum absolute atomic E-state index is 0.214. The van der Waals surface area contributed by atoms with Crippen LogP contribution in [0.5, 0.6) is 0 Å². The molecule has 2 aromatic heterocycles. The van der Waals surface area contributed by atoms with Crippen molar-refractivity contribution in [1.82, 2.24) is 34.5 Å². The van der Waals surface area contributed by atoms with Crippen molar-refractivity contribution in [1.29, 1.82) is 0 Å². The molecule has 3 rings (SSSR count). The Bertz CT molecular complexity index is 875. The third kappa shape index (κ3) is 3.84. The summed E-state index contributed by atoms with van der Waals surface area (Å²) >= 11 is 0. The number of rotatable bonds is 5. The second kappa shape index (κ2) is 7.83. The first-order valence-electron chi connectivity index (χ1n) is 9.56. The zero-order chi connectivity index (χ0) is 20.6. The maximum atomic E-state index is 13.0. The molecule has 9 nitrogen and oxygen atoms in total. The van der Waals surface area contributed by atoms with Crippen molar-refractivity contribution in [3.63, 3.8) is 0 Å². The molecule has 9 heteroatoms. The van der Waals surface area contributed by atoms with E-state index in [2.05, 4.69) is 44.1 Å². The molecule has 0 radical (unpaired) electrons. The van der Waals surface area contributed by atoms with Crippen LogP contribution in [-0.2, 0) is 13.6 Å². The minimum Gasteiger partial charge on any atom is -0.355 e. The van der Waals surface area contributed by atoms with Crippen LogP contribution in [0.25, 0.3) is 0 Å². The predicted molar refractivity (Wildman–Crippen MR) is 107 cm³/mol. The van der Waals surface area contributed by atoms with Gasteiger partial charge in [0.25, 0.3) is 5.91 Å². The average molecular weight is 387 g/mol. The molecule has 1 fully saturated rings. The molecular weight excluding hydrogens is 356 g/mol. The maximum absolute atomic E-state index is 13.0. The first kappa shape index (κ1) is 20.2. The van der Waals surface area contributed by atoms with Crippen molar-refractivity contribution in [2.24, 2.45) is 7.05 Å². The molecule has 0 saturated carbocycles. The topological polar surface area (TPSA) is 83.3 Å². The van der Waals surface area contributed by atoms with Gasteiger partial charge < -0.3 is 19.3 Å². The normalized spacial score (nSPS) is 16.9. The lowest BCUT2D eigenvalue weighted by Gasteiger charge is -2.24. The third-order valence-electron chi connectivity index (χ3n) is 5.66. The van der Waals surface area contributed by atoms with Crippen molar-refractivity contribution in [3.8, 4) is 0 Å². The van der Waals surface area contributed by atoms with E-state index < -0.39 is 0 Å². The Balaban J connectivity index is 1.83. The van der Waals surface area contributed by atoms with Crippen LogP contribution < -0.4 is 4.90 Å². The summed E-state index contributed by atoms with van der Waals surface area (Å²) in [6.45, 7) is 8.03. The summed E-state index contributed by atoms with van der Waals surface area (Å²) in [6.07, 6.45) is 1.09. The number of hydrogen-bond acceptors (Lipinski definition) is 7. The van der Waals surface area contributed by atoms with E-state index in [-0.39, 0.29) is 11.7 Å². The number of anilines is 1. The number of aryl methyl sites for hydroxylation is 2. The van der Waals surface area contributed by atoms with Crippen molar-refractivity contribution in [3.05, 3.63) is 28.7 Å². The van der Waals surface area contributed by atoms with E-state index in [1.54, 1.807) is 11.9 Å². The molecule has 152 valence electrons. The fourth-order valence-electron chi connectivity index (χ4n) is 3.42. The summed E-state index contributed by atoms with van der Waals surface area (Å²) in [6, 6.07) is 0.496. The van der Waals surface area contributed by atoms with Crippen LogP contribution >= 0.6 is 0 Å². The number of amides is 1. The first-order valence-corrected chi connectivity index (χ1v) is 9.56. The van der Waals surface area contributed by atoms with E-state index in [1.165, 1.54) is 0 Å². The molecule has 0 spiro atoms. The van der Waals surface area contributed by atoms with Gasteiger partial charge in [0.05, 0.1) is 6.54 Å². The van der Waals surface area contributed by atoms with E-state index in [0.717, 1.165) is 48.2 Å². The van der Waals surface area contributed by atoms with Gasteiger partial charge >= 0.3 is 0 Å². The molecule has 0 aliphatic carbocycles. The molecule has 1 amide bonds. The smallest absolute Gasteiger partial charge is 0.291 e. The number of aromatic nitrogens is 5. The maximum Gasteiger partial charge on any atom is 0.291 e. The molecule has 2 aromatic rings. The third-order valence-corrected chi connectivity index (χ3v) is 5.66. The summed E-state index contributed by atoms with van der Waals surface area (Å²) in [7, 11) is 7.83. The van der Waals surface area contributed by atoms with Crippen LogP contribution in [0.2, 0.25) is 0 Å². The summed E-state index contributed by atoms with van der Waals surface area (Å²) in [5, 5.41) is 8.18. The second-order valence-electron chi connectivity index (χ2n) is 7.82. The van der Waals surface area contributed by atoms with Gasteiger partial charge in [0.2, 0.25) is 5.82 Å². The Labute approximate surface area is 166 Å². The molecule has 1 aliphatic heterocycles. The highest BCUT2D eigenvalue weighted by Crippen LogP contribution is 2.25. The van der Waals surface area contributed by atoms with E-state index in [4.69, 9.17) is 0 Å². The van der Waals surface area contributed by atoms with Crippen LogP contribution in [0.1, 0.15) is 39.9 Å². The highest BCUT2D eigenvalue weighted by Gasteiger charge is 2.28. The van der Waals surface area contributed by atoms with Gasteiger partial charge in [-0.2, -0.15) is 0 Å². The van der Waals surface area contributed by atoms with Crippen molar-refractivity contribution < 1.29 is 4.79 Å². The van der Waals surface area contributed by atoms with Crippen molar-refractivity contribution in [2.75, 3.05) is 39.1 Å². The monoisotopic (exact) mass is 386 g/mol. The van der Waals surface area contributed by atoms with E-state index in [9.17, 15) is 4.79 Å². The lowest BCUT2D eigenvalue weighted by atomic mass is 10.2. The predicted octanol–water partition coefficient (Wildman–Crippen LogP) is 0.943. The number of hydrogen-bond donors (Lipinski definition) is 0. The van der Waals surface area contributed by atoms with Gasteiger partial charge in [-0.1, -0.05) is 0 Å².